The molecule has 0 saturated carbocycles. The highest BCUT2D eigenvalue weighted by atomic mass is 19.1. The molecule has 0 spiro atoms. The Balaban J connectivity index is 1.72. The summed E-state index contributed by atoms with van der Waals surface area (Å²) in [5, 5.41) is 0. The molecule has 1 aliphatic rings. The molecule has 6 nitrogen and oxygen atoms in total. The summed E-state index contributed by atoms with van der Waals surface area (Å²) in [6, 6.07) is 6.25. The Kier molecular flexibility index (Phi) is 5.35. The van der Waals surface area contributed by atoms with Gasteiger partial charge in [0.1, 0.15) is 23.7 Å². The number of carbonyl (C=O) groups excluding carboxylic acids is 1. The number of piperazine rings is 1. The first-order valence-electron chi connectivity index (χ1n) is 8.78. The van der Waals surface area contributed by atoms with Gasteiger partial charge in [-0.05, 0) is 37.6 Å². The van der Waals surface area contributed by atoms with E-state index < -0.39 is 0 Å². The second-order valence-corrected chi connectivity index (χ2v) is 6.46. The number of hydrogen-bond donors (Lipinski definition) is 0. The smallest absolute Gasteiger partial charge is 0.224 e. The van der Waals surface area contributed by atoms with Gasteiger partial charge in [-0.1, -0.05) is 6.92 Å². The summed E-state index contributed by atoms with van der Waals surface area (Å²) < 4.78 is 19.0. The standard InChI is InChI=1S/C19H23FN4O2/c1-4-19(25)24-8-7-23(11-14(24)3)17-10-18(22-12-21-17)26-16-6-5-15(20)9-13(16)2/h5-6,9-10,12,14H,4,7-8,11H2,1-3H3/t14-/m0/s1. The third kappa shape index (κ3) is 3.92. The van der Waals surface area contributed by atoms with Gasteiger partial charge >= 0.3 is 0 Å². The molecule has 2 aromatic rings. The molecule has 1 aromatic carbocycles. The van der Waals surface area contributed by atoms with Gasteiger partial charge in [0.2, 0.25) is 11.8 Å². The van der Waals surface area contributed by atoms with E-state index in [0.29, 0.717) is 43.2 Å². The number of carbonyl (C=O) groups is 1. The molecule has 0 unspecified atom stereocenters. The number of hydrogen-bond acceptors (Lipinski definition) is 5. The van der Waals surface area contributed by atoms with Gasteiger partial charge in [0, 0.05) is 38.2 Å². The van der Waals surface area contributed by atoms with E-state index in [1.165, 1.54) is 18.5 Å². The average Bonchev–Trinajstić information content (AvgIpc) is 2.63. The molecule has 0 N–H and O–H groups in total. The van der Waals surface area contributed by atoms with Crippen LogP contribution in [0, 0.1) is 12.7 Å². The molecule has 1 aromatic heterocycles. The van der Waals surface area contributed by atoms with Crippen LogP contribution in [-0.4, -0.2) is 46.5 Å². The molecule has 1 amide bonds. The minimum absolute atomic E-state index is 0.120. The summed E-state index contributed by atoms with van der Waals surface area (Å²) >= 11 is 0. The Morgan fingerprint density at radius 1 is 1.31 bits per heavy atom. The maximum absolute atomic E-state index is 13.2. The number of rotatable bonds is 4. The van der Waals surface area contributed by atoms with Crippen molar-refractivity contribution in [3.8, 4) is 11.6 Å². The van der Waals surface area contributed by atoms with Crippen LogP contribution in [0.1, 0.15) is 25.8 Å². The summed E-state index contributed by atoms with van der Waals surface area (Å²) in [6.07, 6.45) is 1.98. The van der Waals surface area contributed by atoms with Crippen LogP contribution in [0.4, 0.5) is 10.2 Å². The molecule has 0 radical (unpaired) electrons. The Labute approximate surface area is 152 Å². The highest BCUT2D eigenvalue weighted by molar-refractivity contribution is 5.76. The van der Waals surface area contributed by atoms with Crippen LogP contribution >= 0.6 is 0 Å². The molecule has 26 heavy (non-hydrogen) atoms. The van der Waals surface area contributed by atoms with Crippen molar-refractivity contribution in [3.05, 3.63) is 42.0 Å². The summed E-state index contributed by atoms with van der Waals surface area (Å²) in [6.45, 7) is 7.80. The minimum atomic E-state index is -0.299. The third-order valence-corrected chi connectivity index (χ3v) is 4.55. The molecule has 1 atom stereocenters. The average molecular weight is 358 g/mol. The van der Waals surface area contributed by atoms with Crippen LogP contribution in [0.3, 0.4) is 0 Å². The fraction of sp³-hybridized carbons (Fsp3) is 0.421. The van der Waals surface area contributed by atoms with Gasteiger partial charge in [-0.15, -0.1) is 0 Å². The van der Waals surface area contributed by atoms with Crippen LogP contribution in [0.5, 0.6) is 11.6 Å². The number of aryl methyl sites for hydroxylation is 1. The second kappa shape index (κ2) is 7.68. The zero-order valence-corrected chi connectivity index (χ0v) is 15.3. The van der Waals surface area contributed by atoms with E-state index in [1.807, 2.05) is 18.7 Å². The topological polar surface area (TPSA) is 58.6 Å². The molecule has 1 saturated heterocycles. The molecule has 3 rings (SSSR count). The maximum Gasteiger partial charge on any atom is 0.224 e. The number of aromatic nitrogens is 2. The molecule has 1 aliphatic heterocycles. The SMILES string of the molecule is CCC(=O)N1CCN(c2cc(Oc3ccc(F)cc3C)ncn2)C[C@@H]1C. The summed E-state index contributed by atoms with van der Waals surface area (Å²) in [4.78, 5) is 24.5. The van der Waals surface area contributed by atoms with Gasteiger partial charge in [-0.3, -0.25) is 4.79 Å². The van der Waals surface area contributed by atoms with Crippen molar-refractivity contribution in [1.29, 1.82) is 0 Å². The minimum Gasteiger partial charge on any atom is -0.439 e. The molecule has 2 heterocycles. The molecule has 7 heteroatoms. The zero-order valence-electron chi connectivity index (χ0n) is 15.3. The van der Waals surface area contributed by atoms with Gasteiger partial charge in [0.05, 0.1) is 0 Å². The van der Waals surface area contributed by atoms with Crippen molar-refractivity contribution in [3.63, 3.8) is 0 Å². The molecule has 138 valence electrons. The van der Waals surface area contributed by atoms with E-state index in [4.69, 9.17) is 4.74 Å². The number of halogens is 1. The Bertz CT molecular complexity index is 799. The summed E-state index contributed by atoms with van der Waals surface area (Å²) in [5.74, 6) is 1.60. The lowest BCUT2D eigenvalue weighted by atomic mass is 10.1. The van der Waals surface area contributed by atoms with Crippen LogP contribution in [0.25, 0.3) is 0 Å². The van der Waals surface area contributed by atoms with E-state index in [9.17, 15) is 9.18 Å². The molecule has 0 bridgehead atoms. The number of amides is 1. The number of nitrogens with zero attached hydrogens (tertiary/aromatic N) is 4. The molecule has 1 fully saturated rings. The van der Waals surface area contributed by atoms with Crippen molar-refractivity contribution in [2.45, 2.75) is 33.2 Å². The largest absolute Gasteiger partial charge is 0.439 e. The monoisotopic (exact) mass is 358 g/mol. The lowest BCUT2D eigenvalue weighted by molar-refractivity contribution is -0.133. The Morgan fingerprint density at radius 3 is 2.81 bits per heavy atom. The van der Waals surface area contributed by atoms with E-state index in [-0.39, 0.29) is 17.8 Å². The highest BCUT2D eigenvalue weighted by Gasteiger charge is 2.27. The summed E-state index contributed by atoms with van der Waals surface area (Å²) in [7, 11) is 0. The van der Waals surface area contributed by atoms with Crippen molar-refractivity contribution < 1.29 is 13.9 Å². The fourth-order valence-electron chi connectivity index (χ4n) is 3.14. The van der Waals surface area contributed by atoms with E-state index in [1.54, 1.807) is 19.1 Å². The van der Waals surface area contributed by atoms with Gasteiger partial charge in [-0.2, -0.15) is 0 Å². The molecular formula is C19H23FN4O2. The summed E-state index contributed by atoms with van der Waals surface area (Å²) in [5.41, 5.74) is 0.700. The van der Waals surface area contributed by atoms with E-state index >= 15 is 0 Å². The van der Waals surface area contributed by atoms with Gasteiger partial charge in [0.25, 0.3) is 0 Å². The first kappa shape index (κ1) is 18.1. The Hall–Kier alpha value is -2.70. The van der Waals surface area contributed by atoms with Crippen molar-refractivity contribution in [1.82, 2.24) is 14.9 Å². The number of anilines is 1. The highest BCUT2D eigenvalue weighted by Crippen LogP contribution is 2.26. The normalized spacial score (nSPS) is 17.3. The second-order valence-electron chi connectivity index (χ2n) is 6.46. The first-order valence-corrected chi connectivity index (χ1v) is 8.78. The van der Waals surface area contributed by atoms with E-state index in [0.717, 1.165) is 5.82 Å². The zero-order chi connectivity index (χ0) is 18.7. The lowest BCUT2D eigenvalue weighted by Gasteiger charge is -2.40. The van der Waals surface area contributed by atoms with Gasteiger partial charge in [0.15, 0.2) is 0 Å². The van der Waals surface area contributed by atoms with Crippen LogP contribution < -0.4 is 9.64 Å². The fourth-order valence-corrected chi connectivity index (χ4v) is 3.14. The lowest BCUT2D eigenvalue weighted by Crippen LogP contribution is -2.54. The van der Waals surface area contributed by atoms with Crippen molar-refractivity contribution >= 4 is 11.7 Å². The maximum atomic E-state index is 13.2. The van der Waals surface area contributed by atoms with E-state index in [2.05, 4.69) is 14.9 Å². The first-order chi connectivity index (χ1) is 12.5. The predicted molar refractivity (Wildman–Crippen MR) is 96.9 cm³/mol. The van der Waals surface area contributed by atoms with Crippen molar-refractivity contribution in [2.75, 3.05) is 24.5 Å². The Morgan fingerprint density at radius 2 is 2.12 bits per heavy atom. The van der Waals surface area contributed by atoms with Gasteiger partial charge in [-0.25, -0.2) is 14.4 Å². The van der Waals surface area contributed by atoms with Gasteiger partial charge < -0.3 is 14.5 Å². The van der Waals surface area contributed by atoms with Crippen molar-refractivity contribution in [2.24, 2.45) is 0 Å². The van der Waals surface area contributed by atoms with Crippen LogP contribution in [0.15, 0.2) is 30.6 Å². The third-order valence-electron chi connectivity index (χ3n) is 4.55. The number of ether oxygens (including phenoxy) is 1. The van der Waals surface area contributed by atoms with Crippen LogP contribution in [-0.2, 0) is 4.79 Å². The number of benzene rings is 1. The molecular weight excluding hydrogens is 335 g/mol. The van der Waals surface area contributed by atoms with Crippen LogP contribution in [0.2, 0.25) is 0 Å². The quantitative estimate of drug-likeness (QED) is 0.840. The predicted octanol–water partition coefficient (Wildman–Crippen LogP) is 3.16. The molecule has 0 aliphatic carbocycles.